The molecular formula is C19H27NO4. The summed E-state index contributed by atoms with van der Waals surface area (Å²) in [5, 5.41) is 12.7. The molecule has 1 saturated heterocycles. The third-order valence-corrected chi connectivity index (χ3v) is 5.45. The quantitative estimate of drug-likeness (QED) is 0.839. The van der Waals surface area contributed by atoms with Gasteiger partial charge in [0.2, 0.25) is 5.91 Å². The van der Waals surface area contributed by atoms with Crippen molar-refractivity contribution in [3.05, 3.63) is 35.9 Å². The van der Waals surface area contributed by atoms with Gasteiger partial charge in [0.15, 0.2) is 0 Å². The second kappa shape index (κ2) is 7.34. The molecule has 1 heterocycles. The maximum atomic E-state index is 12.6. The fourth-order valence-electron chi connectivity index (χ4n) is 3.61. The van der Waals surface area contributed by atoms with Crippen LogP contribution in [-0.4, -0.2) is 35.7 Å². The van der Waals surface area contributed by atoms with Gasteiger partial charge in [-0.2, -0.15) is 0 Å². The molecule has 5 atom stereocenters. The number of benzene rings is 1. The maximum Gasteiger partial charge on any atom is 0.315 e. The highest BCUT2D eigenvalue weighted by atomic mass is 16.5. The fourth-order valence-corrected chi connectivity index (χ4v) is 3.61. The van der Waals surface area contributed by atoms with Crippen molar-refractivity contribution < 1.29 is 19.4 Å². The van der Waals surface area contributed by atoms with Crippen LogP contribution in [0.4, 0.5) is 0 Å². The maximum absolute atomic E-state index is 12.6. The second-order valence-corrected chi connectivity index (χ2v) is 6.76. The van der Waals surface area contributed by atoms with Gasteiger partial charge in [-0.25, -0.2) is 0 Å². The van der Waals surface area contributed by atoms with Crippen LogP contribution in [0, 0.1) is 11.8 Å². The van der Waals surface area contributed by atoms with E-state index in [9.17, 15) is 14.7 Å². The van der Waals surface area contributed by atoms with E-state index in [2.05, 4.69) is 5.32 Å². The van der Waals surface area contributed by atoms with E-state index < -0.39 is 11.4 Å². The zero-order valence-corrected chi connectivity index (χ0v) is 14.8. The first-order valence-electron chi connectivity index (χ1n) is 8.55. The van der Waals surface area contributed by atoms with E-state index in [1.165, 1.54) is 0 Å². The zero-order chi connectivity index (χ0) is 17.9. The van der Waals surface area contributed by atoms with Crippen LogP contribution in [0.5, 0.6) is 0 Å². The SMILES string of the molecule is CCC(CNC(=O)C1C(C)OC(C)C1C)(C(=O)O)c1ccccc1. The number of amides is 1. The molecule has 1 aliphatic rings. The van der Waals surface area contributed by atoms with Gasteiger partial charge in [-0.3, -0.25) is 9.59 Å². The molecule has 0 saturated carbocycles. The summed E-state index contributed by atoms with van der Waals surface area (Å²) < 4.78 is 5.72. The molecular weight excluding hydrogens is 306 g/mol. The first-order valence-corrected chi connectivity index (χ1v) is 8.55. The second-order valence-electron chi connectivity index (χ2n) is 6.76. The predicted octanol–water partition coefficient (Wildman–Crippen LogP) is 2.59. The van der Waals surface area contributed by atoms with E-state index in [4.69, 9.17) is 4.74 Å². The lowest BCUT2D eigenvalue weighted by molar-refractivity contribution is -0.144. The van der Waals surface area contributed by atoms with E-state index in [0.29, 0.717) is 12.0 Å². The Balaban J connectivity index is 2.17. The van der Waals surface area contributed by atoms with Crippen molar-refractivity contribution in [3.63, 3.8) is 0 Å². The van der Waals surface area contributed by atoms with Gasteiger partial charge in [-0.15, -0.1) is 0 Å². The van der Waals surface area contributed by atoms with Crippen LogP contribution >= 0.6 is 0 Å². The van der Waals surface area contributed by atoms with Crippen LogP contribution < -0.4 is 5.32 Å². The molecule has 1 aromatic rings. The molecule has 0 spiro atoms. The highest BCUT2D eigenvalue weighted by Crippen LogP contribution is 2.33. The van der Waals surface area contributed by atoms with Crippen LogP contribution in [0.3, 0.4) is 0 Å². The minimum absolute atomic E-state index is 0.0280. The van der Waals surface area contributed by atoms with Gasteiger partial charge in [0.25, 0.3) is 0 Å². The standard InChI is InChI=1S/C19H27NO4/c1-5-19(18(22)23,15-9-7-6-8-10-15)11-20-17(21)16-12(2)13(3)24-14(16)4/h6-10,12-14,16H,5,11H2,1-4H3,(H,20,21)(H,22,23). The van der Waals surface area contributed by atoms with E-state index >= 15 is 0 Å². The summed E-state index contributed by atoms with van der Waals surface area (Å²) in [4.78, 5) is 24.6. The highest BCUT2D eigenvalue weighted by molar-refractivity contribution is 5.84. The fraction of sp³-hybridized carbons (Fsp3) is 0.579. The summed E-state index contributed by atoms with van der Waals surface area (Å²) in [6.07, 6.45) is 0.267. The minimum Gasteiger partial charge on any atom is -0.481 e. The van der Waals surface area contributed by atoms with Gasteiger partial charge < -0.3 is 15.2 Å². The molecule has 0 aliphatic carbocycles. The number of ether oxygens (including phenoxy) is 1. The Morgan fingerprint density at radius 2 is 1.79 bits per heavy atom. The van der Waals surface area contributed by atoms with Gasteiger partial charge in [0.05, 0.1) is 18.1 Å². The van der Waals surface area contributed by atoms with Gasteiger partial charge in [0, 0.05) is 6.54 Å². The van der Waals surface area contributed by atoms with Gasteiger partial charge in [-0.1, -0.05) is 44.2 Å². The number of nitrogens with one attached hydrogen (secondary N) is 1. The molecule has 0 aromatic heterocycles. The van der Waals surface area contributed by atoms with Crippen molar-refractivity contribution in [1.29, 1.82) is 0 Å². The van der Waals surface area contributed by atoms with Crippen LogP contribution in [0.1, 0.15) is 39.7 Å². The lowest BCUT2D eigenvalue weighted by atomic mass is 9.77. The monoisotopic (exact) mass is 333 g/mol. The smallest absolute Gasteiger partial charge is 0.315 e. The van der Waals surface area contributed by atoms with E-state index in [-0.39, 0.29) is 36.5 Å². The molecule has 0 radical (unpaired) electrons. The molecule has 5 nitrogen and oxygen atoms in total. The van der Waals surface area contributed by atoms with Crippen molar-refractivity contribution in [3.8, 4) is 0 Å². The molecule has 2 rings (SSSR count). The largest absolute Gasteiger partial charge is 0.481 e. The van der Waals surface area contributed by atoms with Crippen molar-refractivity contribution >= 4 is 11.9 Å². The molecule has 2 N–H and O–H groups in total. The molecule has 5 unspecified atom stereocenters. The average Bonchev–Trinajstić information content (AvgIpc) is 2.81. The zero-order valence-electron chi connectivity index (χ0n) is 14.8. The Labute approximate surface area is 143 Å². The van der Waals surface area contributed by atoms with Crippen LogP contribution in [0.15, 0.2) is 30.3 Å². The topological polar surface area (TPSA) is 75.6 Å². The summed E-state index contributed by atoms with van der Waals surface area (Å²) in [5.41, 5.74) is -0.411. The van der Waals surface area contributed by atoms with E-state index in [1.54, 1.807) is 12.1 Å². The normalized spacial score (nSPS) is 29.0. The number of carbonyl (C=O) groups excluding carboxylic acids is 1. The first-order chi connectivity index (χ1) is 11.3. The predicted molar refractivity (Wildman–Crippen MR) is 91.7 cm³/mol. The molecule has 1 aromatic carbocycles. The Kier molecular flexibility index (Phi) is 5.65. The summed E-state index contributed by atoms with van der Waals surface area (Å²) in [5.74, 6) is -1.19. The van der Waals surface area contributed by atoms with Crippen molar-refractivity contribution in [1.82, 2.24) is 5.32 Å². The molecule has 0 bridgehead atoms. The number of carbonyl (C=O) groups is 2. The van der Waals surface area contributed by atoms with E-state index in [0.717, 1.165) is 0 Å². The third-order valence-electron chi connectivity index (χ3n) is 5.45. The lowest BCUT2D eigenvalue weighted by Crippen LogP contribution is -2.48. The number of hydrogen-bond donors (Lipinski definition) is 2. The lowest BCUT2D eigenvalue weighted by Gasteiger charge is -2.30. The van der Waals surface area contributed by atoms with Gasteiger partial charge in [0.1, 0.15) is 5.41 Å². The highest BCUT2D eigenvalue weighted by Gasteiger charge is 2.44. The number of carboxylic acids is 1. The van der Waals surface area contributed by atoms with Gasteiger partial charge in [-0.05, 0) is 31.7 Å². The number of rotatable bonds is 6. The summed E-state index contributed by atoms with van der Waals surface area (Å²) in [7, 11) is 0. The minimum atomic E-state index is -1.12. The van der Waals surface area contributed by atoms with Crippen molar-refractivity contribution in [2.75, 3.05) is 6.54 Å². The van der Waals surface area contributed by atoms with E-state index in [1.807, 2.05) is 45.9 Å². The Bertz CT molecular complexity index is 588. The Morgan fingerprint density at radius 3 is 2.25 bits per heavy atom. The van der Waals surface area contributed by atoms with Crippen molar-refractivity contribution in [2.24, 2.45) is 11.8 Å². The molecule has 1 aliphatic heterocycles. The van der Waals surface area contributed by atoms with Crippen LogP contribution in [0.25, 0.3) is 0 Å². The molecule has 1 amide bonds. The molecule has 1 fully saturated rings. The van der Waals surface area contributed by atoms with Gasteiger partial charge >= 0.3 is 5.97 Å². The third kappa shape index (κ3) is 3.31. The van der Waals surface area contributed by atoms with Crippen LogP contribution in [0.2, 0.25) is 0 Å². The Hall–Kier alpha value is -1.88. The summed E-state index contributed by atoms with van der Waals surface area (Å²) >= 11 is 0. The molecule has 132 valence electrons. The van der Waals surface area contributed by atoms with Crippen LogP contribution in [-0.2, 0) is 19.7 Å². The number of hydrogen-bond acceptors (Lipinski definition) is 3. The molecule has 24 heavy (non-hydrogen) atoms. The van der Waals surface area contributed by atoms with Crippen molar-refractivity contribution in [2.45, 2.75) is 51.7 Å². The Morgan fingerprint density at radius 1 is 1.17 bits per heavy atom. The summed E-state index contributed by atoms with van der Waals surface area (Å²) in [6, 6.07) is 9.10. The molecule has 5 heteroatoms. The first kappa shape index (κ1) is 18.5. The number of aliphatic carboxylic acids is 1. The summed E-state index contributed by atoms with van der Waals surface area (Å²) in [6.45, 7) is 7.77. The average molecular weight is 333 g/mol. The number of carboxylic acid groups (broad SMARTS) is 1.